The second-order valence-corrected chi connectivity index (χ2v) is 6.12. The van der Waals surface area contributed by atoms with Crippen LogP contribution < -0.4 is 5.32 Å². The normalized spacial score (nSPS) is 11.3. The van der Waals surface area contributed by atoms with Crippen LogP contribution >= 0.6 is 0 Å². The summed E-state index contributed by atoms with van der Waals surface area (Å²) >= 11 is 0. The van der Waals surface area contributed by atoms with Crippen LogP contribution in [0.1, 0.15) is 16.8 Å². The Morgan fingerprint density at radius 3 is 2.25 bits per heavy atom. The Balaban J connectivity index is 2.87. The Kier molecular flexibility index (Phi) is 5.23. The molecule has 0 fully saturated rings. The third kappa shape index (κ3) is 3.78. The maximum Gasteiger partial charge on any atom is 0.335 e. The number of aromatic carboxylic acids is 1. The molecule has 0 saturated heterocycles. The van der Waals surface area contributed by atoms with Crippen LogP contribution in [0.25, 0.3) is 0 Å². The van der Waals surface area contributed by atoms with E-state index in [0.717, 1.165) is 4.31 Å². The summed E-state index contributed by atoms with van der Waals surface area (Å²) in [6.45, 7) is 0.0443. The van der Waals surface area contributed by atoms with E-state index in [-0.39, 0.29) is 29.3 Å². The number of amides is 1. The minimum absolute atomic E-state index is 0.0111. The first kappa shape index (κ1) is 16.1. The Morgan fingerprint density at radius 2 is 1.80 bits per heavy atom. The Hall–Kier alpha value is -1.93. The second-order valence-electron chi connectivity index (χ2n) is 4.08. The number of nitrogens with zero attached hydrogens (tertiary/aromatic N) is 1. The molecule has 110 valence electrons. The van der Waals surface area contributed by atoms with Crippen LogP contribution in [0.15, 0.2) is 29.2 Å². The number of carbonyl (C=O) groups excluding carboxylic acids is 1. The monoisotopic (exact) mass is 300 g/mol. The van der Waals surface area contributed by atoms with E-state index in [1.807, 2.05) is 0 Å². The van der Waals surface area contributed by atoms with E-state index < -0.39 is 16.0 Å². The molecular weight excluding hydrogens is 284 g/mol. The van der Waals surface area contributed by atoms with Crippen molar-refractivity contribution in [2.24, 2.45) is 0 Å². The van der Waals surface area contributed by atoms with Gasteiger partial charge in [-0.25, -0.2) is 17.5 Å². The molecule has 0 radical (unpaired) electrons. The molecule has 1 amide bonds. The van der Waals surface area contributed by atoms with Crippen LogP contribution in [0, 0.1) is 0 Å². The van der Waals surface area contributed by atoms with Gasteiger partial charge in [0.1, 0.15) is 0 Å². The highest BCUT2D eigenvalue weighted by Gasteiger charge is 2.21. The highest BCUT2D eigenvalue weighted by atomic mass is 32.2. The van der Waals surface area contributed by atoms with Gasteiger partial charge in [0.15, 0.2) is 0 Å². The number of hydrogen-bond donors (Lipinski definition) is 2. The fourth-order valence-electron chi connectivity index (χ4n) is 1.45. The van der Waals surface area contributed by atoms with Crippen LogP contribution in [0.4, 0.5) is 0 Å². The summed E-state index contributed by atoms with van der Waals surface area (Å²) in [5.41, 5.74) is 0.0111. The molecule has 20 heavy (non-hydrogen) atoms. The van der Waals surface area contributed by atoms with Crippen LogP contribution in [0.5, 0.6) is 0 Å². The second kappa shape index (κ2) is 6.49. The van der Waals surface area contributed by atoms with Crippen molar-refractivity contribution in [3.63, 3.8) is 0 Å². The van der Waals surface area contributed by atoms with Crippen molar-refractivity contribution in [1.82, 2.24) is 9.62 Å². The standard InChI is InChI=1S/C12H16N2O5S/c1-13-11(15)7-8-14(2)20(18,19)10-5-3-9(4-6-10)12(16)17/h3-6H,7-8H2,1-2H3,(H,13,15)(H,16,17). The minimum atomic E-state index is -3.72. The summed E-state index contributed by atoms with van der Waals surface area (Å²) in [7, 11) is -0.887. The smallest absolute Gasteiger partial charge is 0.335 e. The third-order valence-corrected chi connectivity index (χ3v) is 4.61. The molecule has 7 nitrogen and oxygen atoms in total. The molecule has 0 aromatic heterocycles. The lowest BCUT2D eigenvalue weighted by Gasteiger charge is -2.16. The summed E-state index contributed by atoms with van der Waals surface area (Å²) in [4.78, 5) is 21.8. The number of nitrogens with one attached hydrogen (secondary N) is 1. The van der Waals surface area contributed by atoms with Gasteiger partial charge < -0.3 is 10.4 Å². The van der Waals surface area contributed by atoms with E-state index in [9.17, 15) is 18.0 Å². The van der Waals surface area contributed by atoms with Gasteiger partial charge in [-0.3, -0.25) is 4.79 Å². The number of carbonyl (C=O) groups is 2. The van der Waals surface area contributed by atoms with Gasteiger partial charge in [-0.2, -0.15) is 0 Å². The predicted octanol–water partition coefficient (Wildman–Crippen LogP) is 0.141. The molecule has 1 rings (SSSR count). The van der Waals surface area contributed by atoms with Gasteiger partial charge in [0.2, 0.25) is 15.9 Å². The number of benzene rings is 1. The number of hydrogen-bond acceptors (Lipinski definition) is 4. The number of carboxylic acids is 1. The fourth-order valence-corrected chi connectivity index (χ4v) is 2.63. The van der Waals surface area contributed by atoms with Gasteiger partial charge in [0.05, 0.1) is 10.5 Å². The Bertz CT molecular complexity index is 595. The van der Waals surface area contributed by atoms with Crippen molar-refractivity contribution in [2.45, 2.75) is 11.3 Å². The van der Waals surface area contributed by atoms with Crippen molar-refractivity contribution in [3.8, 4) is 0 Å². The SMILES string of the molecule is CNC(=O)CCN(C)S(=O)(=O)c1ccc(C(=O)O)cc1. The summed E-state index contributed by atoms with van der Waals surface area (Å²) in [5.74, 6) is -1.38. The molecule has 0 bridgehead atoms. The summed E-state index contributed by atoms with van der Waals surface area (Å²) in [6, 6.07) is 4.91. The molecule has 0 unspecified atom stereocenters. The van der Waals surface area contributed by atoms with Crippen molar-refractivity contribution in [3.05, 3.63) is 29.8 Å². The van der Waals surface area contributed by atoms with Crippen LogP contribution in [0.3, 0.4) is 0 Å². The van der Waals surface area contributed by atoms with Crippen LogP contribution in [-0.4, -0.2) is 50.3 Å². The van der Waals surface area contributed by atoms with Crippen LogP contribution in [0.2, 0.25) is 0 Å². The molecule has 0 aliphatic heterocycles. The quantitative estimate of drug-likeness (QED) is 0.778. The van der Waals surface area contributed by atoms with Gasteiger partial charge in [-0.15, -0.1) is 0 Å². The van der Waals surface area contributed by atoms with Crippen LogP contribution in [-0.2, 0) is 14.8 Å². The van der Waals surface area contributed by atoms with Gasteiger partial charge in [-0.05, 0) is 24.3 Å². The molecule has 1 aromatic rings. The fraction of sp³-hybridized carbons (Fsp3) is 0.333. The Morgan fingerprint density at radius 1 is 1.25 bits per heavy atom. The van der Waals surface area contributed by atoms with E-state index in [0.29, 0.717) is 0 Å². The average Bonchev–Trinajstić information content (AvgIpc) is 2.44. The molecule has 0 atom stereocenters. The number of carboxylic acid groups (broad SMARTS) is 1. The molecule has 0 aliphatic rings. The molecule has 0 aliphatic carbocycles. The lowest BCUT2D eigenvalue weighted by atomic mass is 10.2. The minimum Gasteiger partial charge on any atom is -0.478 e. The van der Waals surface area contributed by atoms with E-state index in [1.54, 1.807) is 0 Å². The summed E-state index contributed by atoms with van der Waals surface area (Å²) < 4.78 is 25.4. The van der Waals surface area contributed by atoms with E-state index >= 15 is 0 Å². The van der Waals surface area contributed by atoms with E-state index in [4.69, 9.17) is 5.11 Å². The van der Waals surface area contributed by atoms with Crippen molar-refractivity contribution in [1.29, 1.82) is 0 Å². The predicted molar refractivity (Wildman–Crippen MR) is 71.9 cm³/mol. The molecule has 0 spiro atoms. The summed E-state index contributed by atoms with van der Waals surface area (Å²) in [5, 5.41) is 11.2. The summed E-state index contributed by atoms with van der Waals surface area (Å²) in [6.07, 6.45) is 0.0550. The first-order valence-electron chi connectivity index (χ1n) is 5.79. The van der Waals surface area contributed by atoms with Gasteiger partial charge in [-0.1, -0.05) is 0 Å². The van der Waals surface area contributed by atoms with Crippen molar-refractivity contribution in [2.75, 3.05) is 20.6 Å². The van der Waals surface area contributed by atoms with Gasteiger partial charge in [0.25, 0.3) is 0 Å². The van der Waals surface area contributed by atoms with E-state index in [1.165, 1.54) is 38.4 Å². The maximum absolute atomic E-state index is 12.2. The maximum atomic E-state index is 12.2. The average molecular weight is 300 g/mol. The lowest BCUT2D eigenvalue weighted by molar-refractivity contribution is -0.120. The zero-order chi connectivity index (χ0) is 15.3. The highest BCUT2D eigenvalue weighted by molar-refractivity contribution is 7.89. The Labute approximate surface area is 117 Å². The zero-order valence-corrected chi connectivity index (χ0v) is 12.0. The molecule has 8 heteroatoms. The molecule has 0 saturated carbocycles. The van der Waals surface area contributed by atoms with Gasteiger partial charge in [0, 0.05) is 27.1 Å². The number of sulfonamides is 1. The molecule has 1 aromatic carbocycles. The first-order chi connectivity index (χ1) is 9.28. The zero-order valence-electron chi connectivity index (χ0n) is 11.2. The molecule has 0 heterocycles. The lowest BCUT2D eigenvalue weighted by Crippen LogP contribution is -2.31. The topological polar surface area (TPSA) is 104 Å². The van der Waals surface area contributed by atoms with Crippen molar-refractivity contribution < 1.29 is 23.1 Å². The first-order valence-corrected chi connectivity index (χ1v) is 7.23. The van der Waals surface area contributed by atoms with Crippen molar-refractivity contribution >= 4 is 21.9 Å². The molecular formula is C12H16N2O5S. The molecule has 2 N–H and O–H groups in total. The third-order valence-electron chi connectivity index (χ3n) is 2.74. The van der Waals surface area contributed by atoms with Gasteiger partial charge >= 0.3 is 5.97 Å². The largest absolute Gasteiger partial charge is 0.478 e. The highest BCUT2D eigenvalue weighted by Crippen LogP contribution is 2.15. The van der Waals surface area contributed by atoms with E-state index in [2.05, 4.69) is 5.32 Å². The number of rotatable bonds is 6.